The molecule has 16 heavy (non-hydrogen) atoms. The van der Waals surface area contributed by atoms with Crippen molar-refractivity contribution in [3.63, 3.8) is 0 Å². The lowest BCUT2D eigenvalue weighted by molar-refractivity contribution is -0.119. The SMILES string of the molecule is NCc1cccc(N2CC3CC(S3)C2=O)c1. The Morgan fingerprint density at radius 1 is 1.50 bits per heavy atom. The van der Waals surface area contributed by atoms with Crippen LogP contribution in [0.2, 0.25) is 0 Å². The third kappa shape index (κ3) is 1.53. The van der Waals surface area contributed by atoms with Crippen LogP contribution < -0.4 is 10.6 Å². The second-order valence-electron chi connectivity index (χ2n) is 4.31. The maximum atomic E-state index is 12.0. The van der Waals surface area contributed by atoms with E-state index in [0.717, 1.165) is 24.2 Å². The van der Waals surface area contributed by atoms with Crippen LogP contribution in [-0.4, -0.2) is 23.0 Å². The van der Waals surface area contributed by atoms with Gasteiger partial charge < -0.3 is 10.6 Å². The van der Waals surface area contributed by atoms with Gasteiger partial charge in [-0.15, -0.1) is 11.8 Å². The third-order valence-electron chi connectivity index (χ3n) is 3.22. The lowest BCUT2D eigenvalue weighted by atomic mass is 10.1. The van der Waals surface area contributed by atoms with E-state index in [4.69, 9.17) is 5.73 Å². The number of rotatable bonds is 2. The third-order valence-corrected chi connectivity index (χ3v) is 4.67. The zero-order chi connectivity index (χ0) is 11.1. The van der Waals surface area contributed by atoms with Crippen LogP contribution in [0.1, 0.15) is 12.0 Å². The topological polar surface area (TPSA) is 46.3 Å². The number of nitrogens with zero attached hydrogens (tertiary/aromatic N) is 1. The normalized spacial score (nSPS) is 27.8. The first kappa shape index (κ1) is 10.2. The number of piperidine rings is 1. The molecule has 3 aliphatic heterocycles. The van der Waals surface area contributed by atoms with Crippen molar-refractivity contribution in [3.05, 3.63) is 29.8 Å². The monoisotopic (exact) mass is 234 g/mol. The summed E-state index contributed by atoms with van der Waals surface area (Å²) < 4.78 is 0. The molecular formula is C12H14N2OS. The van der Waals surface area contributed by atoms with Crippen LogP contribution in [-0.2, 0) is 11.3 Å². The average molecular weight is 234 g/mol. The summed E-state index contributed by atoms with van der Waals surface area (Å²) in [5.74, 6) is 0.265. The molecule has 4 heteroatoms. The van der Waals surface area contributed by atoms with E-state index in [0.29, 0.717) is 11.8 Å². The number of benzene rings is 1. The predicted molar refractivity (Wildman–Crippen MR) is 66.5 cm³/mol. The Labute approximate surface area is 99.0 Å². The van der Waals surface area contributed by atoms with Crippen LogP contribution in [0.15, 0.2) is 24.3 Å². The number of carbonyl (C=O) groups excluding carboxylic acids is 1. The highest BCUT2D eigenvalue weighted by Crippen LogP contribution is 2.43. The highest BCUT2D eigenvalue weighted by atomic mass is 32.2. The number of hydrogen-bond donors (Lipinski definition) is 1. The molecule has 0 saturated carbocycles. The summed E-state index contributed by atoms with van der Waals surface area (Å²) >= 11 is 1.82. The van der Waals surface area contributed by atoms with Crippen LogP contribution >= 0.6 is 11.8 Å². The maximum Gasteiger partial charge on any atom is 0.240 e. The largest absolute Gasteiger partial charge is 0.326 e. The fourth-order valence-corrected chi connectivity index (χ4v) is 3.52. The molecule has 0 radical (unpaired) electrons. The zero-order valence-corrected chi connectivity index (χ0v) is 9.74. The summed E-state index contributed by atoms with van der Waals surface area (Å²) in [6, 6.07) is 7.98. The predicted octanol–water partition coefficient (Wildman–Crippen LogP) is 1.37. The van der Waals surface area contributed by atoms with Gasteiger partial charge >= 0.3 is 0 Å². The van der Waals surface area contributed by atoms with E-state index in [-0.39, 0.29) is 11.2 Å². The zero-order valence-electron chi connectivity index (χ0n) is 8.93. The van der Waals surface area contributed by atoms with E-state index < -0.39 is 0 Å². The molecular weight excluding hydrogens is 220 g/mol. The van der Waals surface area contributed by atoms with Gasteiger partial charge in [0.05, 0.1) is 5.25 Å². The number of hydrogen-bond acceptors (Lipinski definition) is 3. The number of anilines is 1. The van der Waals surface area contributed by atoms with Gasteiger partial charge in [-0.05, 0) is 24.1 Å². The molecule has 3 saturated heterocycles. The Kier molecular flexibility index (Phi) is 2.41. The summed E-state index contributed by atoms with van der Waals surface area (Å²) in [5, 5.41) is 0.851. The smallest absolute Gasteiger partial charge is 0.240 e. The molecule has 3 nitrogen and oxygen atoms in total. The number of fused-ring (bicyclic) bond motifs is 2. The van der Waals surface area contributed by atoms with Crippen LogP contribution in [0.4, 0.5) is 5.69 Å². The Morgan fingerprint density at radius 3 is 3.00 bits per heavy atom. The molecule has 3 heterocycles. The molecule has 3 fully saturated rings. The maximum absolute atomic E-state index is 12.0. The number of thioether (sulfide) groups is 1. The summed E-state index contributed by atoms with van der Waals surface area (Å²) in [6.07, 6.45) is 1.07. The minimum absolute atomic E-state index is 0.209. The minimum atomic E-state index is 0.209. The standard InChI is InChI=1S/C12H14N2OS/c13-6-8-2-1-3-9(4-8)14-7-10-5-11(16-10)12(14)15/h1-4,10-11H,5-7,13H2. The first-order valence-corrected chi connectivity index (χ1v) is 6.48. The summed E-state index contributed by atoms with van der Waals surface area (Å²) in [4.78, 5) is 13.9. The lowest BCUT2D eigenvalue weighted by Gasteiger charge is -2.45. The Bertz CT molecular complexity index is 429. The van der Waals surface area contributed by atoms with Gasteiger partial charge in [-0.3, -0.25) is 4.79 Å². The Balaban J connectivity index is 1.88. The van der Waals surface area contributed by atoms with Crippen molar-refractivity contribution in [1.82, 2.24) is 0 Å². The number of nitrogens with two attached hydrogens (primary N) is 1. The van der Waals surface area contributed by atoms with Gasteiger partial charge in [-0.25, -0.2) is 0 Å². The fraction of sp³-hybridized carbons (Fsp3) is 0.417. The molecule has 84 valence electrons. The van der Waals surface area contributed by atoms with Gasteiger partial charge in [0, 0.05) is 24.0 Å². The molecule has 0 aromatic heterocycles. The van der Waals surface area contributed by atoms with Gasteiger partial charge in [0.2, 0.25) is 5.91 Å². The second kappa shape index (κ2) is 3.79. The molecule has 0 aliphatic carbocycles. The molecule has 1 aromatic carbocycles. The van der Waals surface area contributed by atoms with Gasteiger partial charge in [-0.1, -0.05) is 12.1 Å². The summed E-state index contributed by atoms with van der Waals surface area (Å²) in [5.41, 5.74) is 7.69. The Hall–Kier alpha value is -1.00. The van der Waals surface area contributed by atoms with Gasteiger partial charge in [0.1, 0.15) is 0 Å². The first-order valence-electron chi connectivity index (χ1n) is 5.54. The molecule has 2 unspecified atom stereocenters. The highest BCUT2D eigenvalue weighted by molar-refractivity contribution is 8.02. The number of carbonyl (C=O) groups is 1. The van der Waals surface area contributed by atoms with E-state index in [1.165, 1.54) is 0 Å². The average Bonchev–Trinajstić information content (AvgIpc) is 2.28. The van der Waals surface area contributed by atoms with Crippen LogP contribution in [0.25, 0.3) is 0 Å². The molecule has 4 rings (SSSR count). The van der Waals surface area contributed by atoms with Crippen molar-refractivity contribution >= 4 is 23.4 Å². The van der Waals surface area contributed by atoms with Crippen molar-refractivity contribution in [3.8, 4) is 0 Å². The molecule has 1 amide bonds. The van der Waals surface area contributed by atoms with Crippen molar-refractivity contribution in [2.75, 3.05) is 11.4 Å². The fourth-order valence-electron chi connectivity index (χ4n) is 2.29. The van der Waals surface area contributed by atoms with Gasteiger partial charge in [-0.2, -0.15) is 0 Å². The second-order valence-corrected chi connectivity index (χ2v) is 5.81. The summed E-state index contributed by atoms with van der Waals surface area (Å²) in [6.45, 7) is 1.38. The van der Waals surface area contributed by atoms with Crippen LogP contribution in [0, 0.1) is 0 Å². The number of amides is 1. The van der Waals surface area contributed by atoms with E-state index in [1.807, 2.05) is 40.9 Å². The molecule has 2 atom stereocenters. The van der Waals surface area contributed by atoms with Crippen molar-refractivity contribution in [2.24, 2.45) is 5.73 Å². The molecule has 2 N–H and O–H groups in total. The van der Waals surface area contributed by atoms with Crippen molar-refractivity contribution in [2.45, 2.75) is 23.5 Å². The molecule has 2 bridgehead atoms. The van der Waals surface area contributed by atoms with E-state index in [2.05, 4.69) is 0 Å². The van der Waals surface area contributed by atoms with Crippen LogP contribution in [0.5, 0.6) is 0 Å². The van der Waals surface area contributed by atoms with Crippen LogP contribution in [0.3, 0.4) is 0 Å². The summed E-state index contributed by atoms with van der Waals surface area (Å²) in [7, 11) is 0. The first-order chi connectivity index (χ1) is 7.78. The van der Waals surface area contributed by atoms with Crippen molar-refractivity contribution in [1.29, 1.82) is 0 Å². The molecule has 3 aliphatic rings. The minimum Gasteiger partial charge on any atom is -0.326 e. The quantitative estimate of drug-likeness (QED) is 0.840. The highest BCUT2D eigenvalue weighted by Gasteiger charge is 2.44. The lowest BCUT2D eigenvalue weighted by Crippen LogP contribution is -2.55. The molecule has 1 aromatic rings. The molecule has 0 spiro atoms. The van der Waals surface area contributed by atoms with E-state index in [9.17, 15) is 4.79 Å². The van der Waals surface area contributed by atoms with Gasteiger partial charge in [0.15, 0.2) is 0 Å². The van der Waals surface area contributed by atoms with E-state index in [1.54, 1.807) is 0 Å². The van der Waals surface area contributed by atoms with Crippen molar-refractivity contribution < 1.29 is 4.79 Å². The Morgan fingerprint density at radius 2 is 2.31 bits per heavy atom. The van der Waals surface area contributed by atoms with E-state index >= 15 is 0 Å². The van der Waals surface area contributed by atoms with Gasteiger partial charge in [0.25, 0.3) is 0 Å².